The summed E-state index contributed by atoms with van der Waals surface area (Å²) in [6.45, 7) is 4.83. The van der Waals surface area contributed by atoms with Gasteiger partial charge in [-0.1, -0.05) is 294 Å². The predicted molar refractivity (Wildman–Crippen MR) is 314 cm³/mol. The summed E-state index contributed by atoms with van der Waals surface area (Å²) in [6.07, 6.45) is 71.3. The van der Waals surface area contributed by atoms with Crippen molar-refractivity contribution in [3.05, 3.63) is 36.5 Å². The van der Waals surface area contributed by atoms with Crippen molar-refractivity contribution >= 4 is 13.7 Å². The van der Waals surface area contributed by atoms with Crippen molar-refractivity contribution in [3.8, 4) is 0 Å². The SMILES string of the molecule is CCCCCCCCCCCCCCC/C=C/CC/C=C/CC/C=C/C(O)C(COP(=O)(O)OCC[N+](C)(C)C)NC(=O)CCCCCCCCCCCCCCCCCCCCCCCCCCCCC. The van der Waals surface area contributed by atoms with Crippen LogP contribution in [0.4, 0.5) is 0 Å². The van der Waals surface area contributed by atoms with Gasteiger partial charge in [0.25, 0.3) is 0 Å². The van der Waals surface area contributed by atoms with Crippen molar-refractivity contribution in [3.63, 3.8) is 0 Å². The molecule has 0 aliphatic heterocycles. The number of nitrogens with one attached hydrogen (secondary N) is 1. The molecule has 0 bridgehead atoms. The Morgan fingerprint density at radius 3 is 1.11 bits per heavy atom. The first kappa shape index (κ1) is 70.7. The lowest BCUT2D eigenvalue weighted by Gasteiger charge is -2.25. The topological polar surface area (TPSA) is 105 Å². The number of phosphoric ester groups is 1. The number of carbonyl (C=O) groups excluding carboxylic acids is 1. The van der Waals surface area contributed by atoms with Gasteiger partial charge in [0.05, 0.1) is 39.9 Å². The molecule has 3 N–H and O–H groups in total. The predicted octanol–water partition coefficient (Wildman–Crippen LogP) is 19.3. The molecule has 0 fully saturated rings. The number of carbonyl (C=O) groups is 1. The van der Waals surface area contributed by atoms with Gasteiger partial charge < -0.3 is 19.8 Å². The number of allylic oxidation sites excluding steroid dienone is 5. The van der Waals surface area contributed by atoms with Gasteiger partial charge >= 0.3 is 7.82 Å². The Kier molecular flexibility index (Phi) is 53.5. The Balaban J connectivity index is 4.18. The number of aliphatic hydroxyl groups excluding tert-OH is 1. The second-order valence-electron chi connectivity index (χ2n) is 22.8. The first-order chi connectivity index (χ1) is 35.0. The maximum Gasteiger partial charge on any atom is 0.472 e. The average molecular weight is 1040 g/mol. The van der Waals surface area contributed by atoms with E-state index >= 15 is 0 Å². The Labute approximate surface area is 448 Å². The number of likely N-dealkylation sites (N-methyl/N-ethyl adjacent to an activating group) is 1. The van der Waals surface area contributed by atoms with Crippen LogP contribution in [0.1, 0.15) is 309 Å². The molecule has 72 heavy (non-hydrogen) atoms. The maximum absolute atomic E-state index is 13.0. The van der Waals surface area contributed by atoms with E-state index in [-0.39, 0.29) is 19.1 Å². The number of phosphoric acid groups is 1. The molecule has 0 aliphatic carbocycles. The molecule has 0 aromatic rings. The Morgan fingerprint density at radius 1 is 0.458 bits per heavy atom. The number of quaternary nitrogens is 1. The van der Waals surface area contributed by atoms with Gasteiger partial charge in [-0.2, -0.15) is 0 Å². The summed E-state index contributed by atoms with van der Waals surface area (Å²) in [5.74, 6) is -0.185. The quantitative estimate of drug-likeness (QED) is 0.0243. The van der Waals surface area contributed by atoms with Gasteiger partial charge in [-0.05, 0) is 44.9 Å². The van der Waals surface area contributed by atoms with E-state index < -0.39 is 20.0 Å². The van der Waals surface area contributed by atoms with Gasteiger partial charge in [0, 0.05) is 6.42 Å². The fraction of sp³-hybridized carbons (Fsp3) is 0.889. The molecule has 3 atom stereocenters. The summed E-state index contributed by atoms with van der Waals surface area (Å²) in [7, 11) is 1.56. The van der Waals surface area contributed by atoms with E-state index in [9.17, 15) is 19.4 Å². The third kappa shape index (κ3) is 56.4. The van der Waals surface area contributed by atoms with Crippen LogP contribution in [0.15, 0.2) is 36.5 Å². The third-order valence-electron chi connectivity index (χ3n) is 14.3. The zero-order chi connectivity index (χ0) is 52.7. The third-order valence-corrected chi connectivity index (χ3v) is 15.3. The van der Waals surface area contributed by atoms with Crippen LogP contribution >= 0.6 is 7.82 Å². The highest BCUT2D eigenvalue weighted by atomic mass is 31.2. The number of amides is 1. The molecule has 0 aromatic heterocycles. The Bertz CT molecular complexity index is 1270. The van der Waals surface area contributed by atoms with Crippen LogP contribution in [-0.4, -0.2) is 73.4 Å². The fourth-order valence-corrected chi connectivity index (χ4v) is 10.2. The van der Waals surface area contributed by atoms with E-state index in [1.54, 1.807) is 6.08 Å². The normalized spacial score (nSPS) is 14.0. The first-order valence-electron chi connectivity index (χ1n) is 31.4. The summed E-state index contributed by atoms with van der Waals surface area (Å²) >= 11 is 0. The summed E-state index contributed by atoms with van der Waals surface area (Å²) in [4.78, 5) is 23.3. The van der Waals surface area contributed by atoms with E-state index in [4.69, 9.17) is 9.05 Å². The molecule has 0 spiro atoms. The molecular formula is C63H124N2O6P+. The number of rotatable bonds is 58. The van der Waals surface area contributed by atoms with E-state index in [0.29, 0.717) is 17.4 Å². The van der Waals surface area contributed by atoms with E-state index in [2.05, 4.69) is 43.5 Å². The minimum atomic E-state index is -4.36. The van der Waals surface area contributed by atoms with Gasteiger partial charge in [-0.25, -0.2) is 4.57 Å². The molecule has 1 amide bonds. The van der Waals surface area contributed by atoms with Crippen LogP contribution in [0.3, 0.4) is 0 Å². The van der Waals surface area contributed by atoms with E-state index in [1.807, 2.05) is 27.2 Å². The number of hydrogen-bond acceptors (Lipinski definition) is 5. The second-order valence-corrected chi connectivity index (χ2v) is 24.2. The maximum atomic E-state index is 13.0. The summed E-state index contributed by atoms with van der Waals surface area (Å²) < 4.78 is 23.7. The van der Waals surface area contributed by atoms with Gasteiger partial charge in [-0.15, -0.1) is 0 Å². The van der Waals surface area contributed by atoms with E-state index in [1.165, 1.54) is 244 Å². The standard InChI is InChI=1S/C63H123N2O6P/c1-6-8-10-12-14-16-18-20-22-24-26-28-30-31-32-33-35-37-39-41-43-45-47-49-51-53-55-57-63(67)64-61(60-71-72(68,69)70-59-58-65(3,4)5)62(66)56-54-52-50-48-46-44-42-40-38-36-34-29-27-25-23-21-19-17-15-13-11-9-7-2/h38,40,46,48,54,56,61-62,66H,6-37,39,41-45,47,49-53,55,57-60H2,1-5H3,(H-,64,67,68,69)/p+1/b40-38+,48-46+,56-54+. The molecular weight excluding hydrogens is 912 g/mol. The molecule has 3 unspecified atom stereocenters. The van der Waals surface area contributed by atoms with Crippen LogP contribution in [0, 0.1) is 0 Å². The van der Waals surface area contributed by atoms with Crippen molar-refractivity contribution in [1.82, 2.24) is 5.32 Å². The fourth-order valence-electron chi connectivity index (χ4n) is 9.43. The smallest absolute Gasteiger partial charge is 0.387 e. The lowest BCUT2D eigenvalue weighted by Crippen LogP contribution is -2.45. The van der Waals surface area contributed by atoms with Crippen molar-refractivity contribution in [2.75, 3.05) is 40.9 Å². The van der Waals surface area contributed by atoms with Crippen molar-refractivity contribution in [2.45, 2.75) is 321 Å². The highest BCUT2D eigenvalue weighted by molar-refractivity contribution is 7.47. The summed E-state index contributed by atoms with van der Waals surface area (Å²) in [5, 5.41) is 13.9. The number of nitrogens with zero attached hydrogens (tertiary/aromatic N) is 1. The molecule has 0 rings (SSSR count). The van der Waals surface area contributed by atoms with Gasteiger partial charge in [0.1, 0.15) is 13.2 Å². The van der Waals surface area contributed by atoms with Gasteiger partial charge in [-0.3, -0.25) is 13.8 Å². The largest absolute Gasteiger partial charge is 0.472 e. The lowest BCUT2D eigenvalue weighted by molar-refractivity contribution is -0.870. The van der Waals surface area contributed by atoms with Gasteiger partial charge in [0.15, 0.2) is 0 Å². The first-order valence-corrected chi connectivity index (χ1v) is 32.9. The monoisotopic (exact) mass is 1040 g/mol. The number of aliphatic hydroxyl groups is 1. The molecule has 0 aromatic carbocycles. The molecule has 426 valence electrons. The van der Waals surface area contributed by atoms with Crippen LogP contribution in [0.5, 0.6) is 0 Å². The molecule has 0 saturated heterocycles. The molecule has 9 heteroatoms. The van der Waals surface area contributed by atoms with Crippen molar-refractivity contribution in [1.29, 1.82) is 0 Å². The molecule has 0 saturated carbocycles. The zero-order valence-electron chi connectivity index (χ0n) is 48.7. The van der Waals surface area contributed by atoms with Crippen LogP contribution in [0.25, 0.3) is 0 Å². The molecule has 8 nitrogen and oxygen atoms in total. The molecule has 0 aliphatic rings. The highest BCUT2D eigenvalue weighted by Gasteiger charge is 2.27. The summed E-state index contributed by atoms with van der Waals surface area (Å²) in [6, 6.07) is -0.868. The van der Waals surface area contributed by atoms with Crippen LogP contribution in [0.2, 0.25) is 0 Å². The van der Waals surface area contributed by atoms with Crippen molar-refractivity contribution in [2.24, 2.45) is 0 Å². The zero-order valence-corrected chi connectivity index (χ0v) is 49.6. The summed E-state index contributed by atoms with van der Waals surface area (Å²) in [5.41, 5.74) is 0. The lowest BCUT2D eigenvalue weighted by atomic mass is 10.0. The van der Waals surface area contributed by atoms with Crippen molar-refractivity contribution < 1.29 is 32.9 Å². The van der Waals surface area contributed by atoms with E-state index in [0.717, 1.165) is 44.9 Å². The number of hydrogen-bond donors (Lipinski definition) is 3. The Hall–Kier alpha value is -1.28. The molecule has 0 heterocycles. The average Bonchev–Trinajstić information content (AvgIpc) is 3.34. The van der Waals surface area contributed by atoms with Crippen LogP contribution < -0.4 is 5.32 Å². The van der Waals surface area contributed by atoms with Gasteiger partial charge in [0.2, 0.25) is 5.91 Å². The second kappa shape index (κ2) is 54.5. The minimum absolute atomic E-state index is 0.0553. The Morgan fingerprint density at radius 2 is 0.764 bits per heavy atom. The highest BCUT2D eigenvalue weighted by Crippen LogP contribution is 2.43. The van der Waals surface area contributed by atoms with Crippen LogP contribution in [-0.2, 0) is 18.4 Å². The molecule has 0 radical (unpaired) electrons. The minimum Gasteiger partial charge on any atom is -0.387 e. The number of unbranched alkanes of at least 4 members (excludes halogenated alkanes) is 41.